The Labute approximate surface area is 88.3 Å². The summed E-state index contributed by atoms with van der Waals surface area (Å²) in [7, 11) is 0. The molecule has 0 amide bonds. The Kier molecular flexibility index (Phi) is 3.10. The van der Waals surface area contributed by atoms with Crippen LogP contribution in [0.3, 0.4) is 0 Å². The Bertz CT molecular complexity index is 299. The Morgan fingerprint density at radius 2 is 2.50 bits per heavy atom. The van der Waals surface area contributed by atoms with Crippen LogP contribution in [-0.2, 0) is 6.54 Å². The van der Waals surface area contributed by atoms with Crippen molar-refractivity contribution in [2.45, 2.75) is 32.4 Å². The van der Waals surface area contributed by atoms with Crippen LogP contribution >= 0.6 is 11.5 Å². The molecule has 0 radical (unpaired) electrons. The van der Waals surface area contributed by atoms with E-state index >= 15 is 0 Å². The molecule has 1 aromatic rings. The van der Waals surface area contributed by atoms with Gasteiger partial charge in [-0.05, 0) is 37.8 Å². The lowest BCUT2D eigenvalue weighted by Crippen LogP contribution is -2.34. The van der Waals surface area contributed by atoms with E-state index in [2.05, 4.69) is 14.5 Å². The highest BCUT2D eigenvalue weighted by atomic mass is 32.1. The molecular formula is C9H16N4S. The second kappa shape index (κ2) is 4.33. The number of nitrogens with two attached hydrogens (primary N) is 1. The summed E-state index contributed by atoms with van der Waals surface area (Å²) < 4.78 is 3.95. The van der Waals surface area contributed by atoms with Gasteiger partial charge in [0, 0.05) is 19.1 Å². The molecule has 0 saturated carbocycles. The lowest BCUT2D eigenvalue weighted by molar-refractivity contribution is 0.252. The van der Waals surface area contributed by atoms with Crippen LogP contribution in [0.2, 0.25) is 0 Å². The van der Waals surface area contributed by atoms with Crippen LogP contribution in [-0.4, -0.2) is 33.6 Å². The van der Waals surface area contributed by atoms with Crippen molar-refractivity contribution in [3.8, 4) is 0 Å². The lowest BCUT2D eigenvalue weighted by Gasteiger charge is -2.22. The van der Waals surface area contributed by atoms with Gasteiger partial charge in [0.2, 0.25) is 0 Å². The van der Waals surface area contributed by atoms with Gasteiger partial charge in [0.1, 0.15) is 0 Å². The zero-order valence-electron chi connectivity index (χ0n) is 8.44. The Hall–Kier alpha value is -0.520. The molecule has 2 heterocycles. The number of aryl methyl sites for hydroxylation is 1. The summed E-state index contributed by atoms with van der Waals surface area (Å²) in [4.78, 5) is 3.73. The quantitative estimate of drug-likeness (QED) is 0.804. The number of likely N-dealkylation sites (tertiary alicyclic amines) is 1. The molecular weight excluding hydrogens is 196 g/mol. The highest BCUT2D eigenvalue weighted by molar-refractivity contribution is 7.05. The molecule has 1 aliphatic heterocycles. The van der Waals surface area contributed by atoms with Gasteiger partial charge in [0.05, 0.1) is 10.6 Å². The Morgan fingerprint density at radius 1 is 1.64 bits per heavy atom. The van der Waals surface area contributed by atoms with Crippen molar-refractivity contribution in [2.75, 3.05) is 13.1 Å². The second-order valence-corrected chi connectivity index (χ2v) is 4.62. The summed E-state index contributed by atoms with van der Waals surface area (Å²) >= 11 is 1.51. The normalized spacial score (nSPS) is 23.1. The molecule has 0 spiro atoms. The first-order chi connectivity index (χ1) is 6.81. The van der Waals surface area contributed by atoms with E-state index in [-0.39, 0.29) is 0 Å². The summed E-state index contributed by atoms with van der Waals surface area (Å²) in [5.74, 6) is 0. The zero-order chi connectivity index (χ0) is 9.97. The minimum Gasteiger partial charge on any atom is -0.329 e. The number of rotatable bonds is 3. The first-order valence-electron chi connectivity index (χ1n) is 5.03. The first kappa shape index (κ1) is 10.0. The summed E-state index contributed by atoms with van der Waals surface area (Å²) in [5.41, 5.74) is 6.79. The summed E-state index contributed by atoms with van der Waals surface area (Å²) in [6, 6.07) is 0.566. The van der Waals surface area contributed by atoms with E-state index in [1.807, 2.05) is 6.92 Å². The van der Waals surface area contributed by atoms with E-state index < -0.39 is 0 Å². The predicted molar refractivity (Wildman–Crippen MR) is 57.1 cm³/mol. The van der Waals surface area contributed by atoms with E-state index in [1.54, 1.807) is 0 Å². The van der Waals surface area contributed by atoms with Crippen molar-refractivity contribution in [2.24, 2.45) is 5.73 Å². The van der Waals surface area contributed by atoms with Gasteiger partial charge in [-0.15, -0.1) is 5.10 Å². The second-order valence-electron chi connectivity index (χ2n) is 3.78. The van der Waals surface area contributed by atoms with Crippen molar-refractivity contribution in [3.05, 3.63) is 10.6 Å². The SMILES string of the molecule is Cc1nnsc1CN1CCCC1CN. The highest BCUT2D eigenvalue weighted by Gasteiger charge is 2.24. The van der Waals surface area contributed by atoms with Crippen LogP contribution in [0.1, 0.15) is 23.4 Å². The molecule has 1 saturated heterocycles. The Morgan fingerprint density at radius 3 is 3.14 bits per heavy atom. The maximum atomic E-state index is 5.72. The number of nitrogens with zero attached hydrogens (tertiary/aromatic N) is 3. The van der Waals surface area contributed by atoms with Gasteiger partial charge in [0.25, 0.3) is 0 Å². The average molecular weight is 212 g/mol. The monoisotopic (exact) mass is 212 g/mol. The summed E-state index contributed by atoms with van der Waals surface area (Å²) in [6.45, 7) is 4.93. The lowest BCUT2D eigenvalue weighted by atomic mass is 10.2. The zero-order valence-corrected chi connectivity index (χ0v) is 9.26. The molecule has 1 unspecified atom stereocenters. The fourth-order valence-electron chi connectivity index (χ4n) is 1.95. The molecule has 0 bridgehead atoms. The van der Waals surface area contributed by atoms with Gasteiger partial charge in [-0.25, -0.2) is 0 Å². The van der Waals surface area contributed by atoms with Crippen molar-refractivity contribution in [1.82, 2.24) is 14.5 Å². The fraction of sp³-hybridized carbons (Fsp3) is 0.778. The number of aromatic nitrogens is 2. The molecule has 1 aromatic heterocycles. The third-order valence-electron chi connectivity index (χ3n) is 2.86. The van der Waals surface area contributed by atoms with E-state index in [9.17, 15) is 0 Å². The number of hydrogen-bond acceptors (Lipinski definition) is 5. The highest BCUT2D eigenvalue weighted by Crippen LogP contribution is 2.21. The van der Waals surface area contributed by atoms with Crippen LogP contribution in [0.25, 0.3) is 0 Å². The van der Waals surface area contributed by atoms with E-state index in [0.29, 0.717) is 6.04 Å². The van der Waals surface area contributed by atoms with Gasteiger partial charge in [-0.3, -0.25) is 4.90 Å². The van der Waals surface area contributed by atoms with E-state index in [4.69, 9.17) is 5.73 Å². The third kappa shape index (κ3) is 1.94. The standard InChI is InChI=1S/C9H16N4S/c1-7-9(14-12-11-7)6-13-4-2-3-8(13)5-10/h8H,2-6,10H2,1H3. The predicted octanol–water partition coefficient (Wildman–Crippen LogP) is 0.770. The van der Waals surface area contributed by atoms with Crippen LogP contribution in [0, 0.1) is 6.92 Å². The maximum absolute atomic E-state index is 5.72. The van der Waals surface area contributed by atoms with Gasteiger partial charge < -0.3 is 5.73 Å². The molecule has 2 rings (SSSR count). The van der Waals surface area contributed by atoms with Crippen molar-refractivity contribution in [1.29, 1.82) is 0 Å². The molecule has 2 N–H and O–H groups in total. The molecule has 4 nitrogen and oxygen atoms in total. The topological polar surface area (TPSA) is 55.0 Å². The largest absolute Gasteiger partial charge is 0.329 e. The van der Waals surface area contributed by atoms with Gasteiger partial charge in [-0.2, -0.15) is 0 Å². The summed E-state index contributed by atoms with van der Waals surface area (Å²) in [5, 5.41) is 4.02. The summed E-state index contributed by atoms with van der Waals surface area (Å²) in [6.07, 6.45) is 2.51. The average Bonchev–Trinajstić information content (AvgIpc) is 2.77. The minimum atomic E-state index is 0.566. The molecule has 14 heavy (non-hydrogen) atoms. The number of hydrogen-bond donors (Lipinski definition) is 1. The van der Waals surface area contributed by atoms with Crippen LogP contribution < -0.4 is 5.73 Å². The third-order valence-corrected chi connectivity index (χ3v) is 3.67. The molecule has 78 valence electrons. The van der Waals surface area contributed by atoms with Crippen molar-refractivity contribution >= 4 is 11.5 Å². The molecule has 0 aromatic carbocycles. The van der Waals surface area contributed by atoms with Crippen LogP contribution in [0.15, 0.2) is 0 Å². The van der Waals surface area contributed by atoms with Gasteiger partial charge in [0.15, 0.2) is 0 Å². The van der Waals surface area contributed by atoms with Crippen LogP contribution in [0.4, 0.5) is 0 Å². The maximum Gasteiger partial charge on any atom is 0.0769 e. The molecule has 1 atom stereocenters. The smallest absolute Gasteiger partial charge is 0.0769 e. The molecule has 5 heteroatoms. The first-order valence-corrected chi connectivity index (χ1v) is 5.80. The minimum absolute atomic E-state index is 0.566. The van der Waals surface area contributed by atoms with E-state index in [0.717, 1.165) is 18.8 Å². The van der Waals surface area contributed by atoms with Crippen molar-refractivity contribution in [3.63, 3.8) is 0 Å². The molecule has 0 aliphatic carbocycles. The fourth-order valence-corrected chi connectivity index (χ4v) is 2.61. The Balaban J connectivity index is 2.00. The van der Waals surface area contributed by atoms with Crippen molar-refractivity contribution < 1.29 is 0 Å². The van der Waals surface area contributed by atoms with Gasteiger partial charge in [-0.1, -0.05) is 4.49 Å². The van der Waals surface area contributed by atoms with Crippen LogP contribution in [0.5, 0.6) is 0 Å². The molecule has 1 aliphatic rings. The molecule has 1 fully saturated rings. The van der Waals surface area contributed by atoms with Gasteiger partial charge >= 0.3 is 0 Å². The van der Waals surface area contributed by atoms with E-state index in [1.165, 1.54) is 35.8 Å².